The van der Waals surface area contributed by atoms with Gasteiger partial charge in [0.2, 0.25) is 5.91 Å². The summed E-state index contributed by atoms with van der Waals surface area (Å²) in [6.07, 6.45) is 2.77. The average molecular weight is 380 g/mol. The molecule has 28 heavy (non-hydrogen) atoms. The third-order valence-corrected chi connectivity index (χ3v) is 5.38. The molecule has 6 heteroatoms. The topological polar surface area (TPSA) is 60.5 Å². The molecule has 2 heterocycles. The predicted octanol–water partition coefficient (Wildman–Crippen LogP) is 4.07. The number of pyridine rings is 1. The monoisotopic (exact) mass is 380 g/mol. The first-order valence-electron chi connectivity index (χ1n) is 9.21. The summed E-state index contributed by atoms with van der Waals surface area (Å²) in [6, 6.07) is 13.5. The number of halogens is 1. The molecule has 144 valence electrons. The molecule has 4 rings (SSSR count). The number of aromatic nitrogens is 1. The van der Waals surface area contributed by atoms with Gasteiger partial charge in [-0.25, -0.2) is 4.39 Å². The predicted molar refractivity (Wildman–Crippen MR) is 105 cm³/mol. The van der Waals surface area contributed by atoms with E-state index >= 15 is 0 Å². The number of nitrogens with one attached hydrogen (secondary N) is 1. The van der Waals surface area contributed by atoms with Gasteiger partial charge >= 0.3 is 0 Å². The lowest BCUT2D eigenvalue weighted by atomic mass is 9.73. The lowest BCUT2D eigenvalue weighted by Gasteiger charge is -2.36. The lowest BCUT2D eigenvalue weighted by molar-refractivity contribution is -0.125. The van der Waals surface area contributed by atoms with Crippen LogP contribution in [-0.2, 0) is 14.9 Å². The number of hydrogen-bond acceptors (Lipinski definition) is 4. The minimum Gasteiger partial charge on any atom is -0.494 e. The van der Waals surface area contributed by atoms with Crippen LogP contribution in [0, 0.1) is 5.82 Å². The molecule has 1 aromatic heterocycles. The van der Waals surface area contributed by atoms with Crippen molar-refractivity contribution in [3.05, 3.63) is 66.1 Å². The Bertz CT molecular complexity index is 998. The van der Waals surface area contributed by atoms with Crippen LogP contribution in [0.15, 0.2) is 54.7 Å². The van der Waals surface area contributed by atoms with Gasteiger partial charge in [-0.2, -0.15) is 0 Å². The van der Waals surface area contributed by atoms with Crippen molar-refractivity contribution in [2.24, 2.45) is 0 Å². The number of carbonyl (C=O) groups is 1. The second kappa shape index (κ2) is 7.56. The summed E-state index contributed by atoms with van der Waals surface area (Å²) >= 11 is 0. The fraction of sp³-hybridized carbons (Fsp3) is 0.273. The third-order valence-electron chi connectivity index (χ3n) is 5.38. The number of amides is 1. The number of hydrogen-bond donors (Lipinski definition) is 1. The molecule has 0 atom stereocenters. The minimum absolute atomic E-state index is 0.127. The highest BCUT2D eigenvalue weighted by atomic mass is 19.1. The Morgan fingerprint density at radius 1 is 1.14 bits per heavy atom. The van der Waals surface area contributed by atoms with Gasteiger partial charge in [-0.1, -0.05) is 12.1 Å². The molecule has 0 aliphatic carbocycles. The van der Waals surface area contributed by atoms with Gasteiger partial charge in [0.25, 0.3) is 0 Å². The van der Waals surface area contributed by atoms with Gasteiger partial charge in [-0.05, 0) is 54.8 Å². The summed E-state index contributed by atoms with van der Waals surface area (Å²) in [4.78, 5) is 17.8. The van der Waals surface area contributed by atoms with Crippen LogP contribution in [0.2, 0.25) is 0 Å². The zero-order chi connectivity index (χ0) is 19.6. The smallest absolute Gasteiger partial charge is 0.235 e. The van der Waals surface area contributed by atoms with E-state index in [1.54, 1.807) is 31.5 Å². The van der Waals surface area contributed by atoms with Crippen LogP contribution in [0.5, 0.6) is 5.75 Å². The zero-order valence-corrected chi connectivity index (χ0v) is 15.6. The molecule has 0 radical (unpaired) electrons. The van der Waals surface area contributed by atoms with Crippen LogP contribution in [0.1, 0.15) is 18.4 Å². The number of rotatable bonds is 4. The fourth-order valence-corrected chi connectivity index (χ4v) is 3.80. The first-order valence-corrected chi connectivity index (χ1v) is 9.21. The molecule has 0 saturated carbocycles. The highest BCUT2D eigenvalue weighted by Gasteiger charge is 2.42. The quantitative estimate of drug-likeness (QED) is 0.741. The summed E-state index contributed by atoms with van der Waals surface area (Å²) in [5.41, 5.74) is 1.39. The third kappa shape index (κ3) is 3.20. The van der Waals surface area contributed by atoms with Gasteiger partial charge in [0.1, 0.15) is 17.1 Å². The number of methoxy groups -OCH3 is 1. The van der Waals surface area contributed by atoms with Gasteiger partial charge in [0, 0.05) is 24.8 Å². The van der Waals surface area contributed by atoms with Crippen molar-refractivity contribution in [1.82, 2.24) is 4.98 Å². The maximum Gasteiger partial charge on any atom is 0.235 e. The van der Waals surface area contributed by atoms with Crippen LogP contribution in [0.3, 0.4) is 0 Å². The molecule has 0 bridgehead atoms. The molecule has 2 aromatic carbocycles. The van der Waals surface area contributed by atoms with Gasteiger partial charge in [-0.15, -0.1) is 0 Å². The molecule has 1 fully saturated rings. The summed E-state index contributed by atoms with van der Waals surface area (Å²) in [6.45, 7) is 0.964. The van der Waals surface area contributed by atoms with Gasteiger partial charge in [-0.3, -0.25) is 9.78 Å². The SMILES string of the molecule is COc1ccc(NC(=O)C2(c3ccc(F)cc3)CCOCC2)c2cccnc12. The second-order valence-corrected chi connectivity index (χ2v) is 6.87. The van der Waals surface area contributed by atoms with Crippen molar-refractivity contribution in [2.75, 3.05) is 25.6 Å². The van der Waals surface area contributed by atoms with Crippen molar-refractivity contribution in [1.29, 1.82) is 0 Å². The first kappa shape index (κ1) is 18.4. The van der Waals surface area contributed by atoms with Crippen molar-refractivity contribution in [3.8, 4) is 5.75 Å². The van der Waals surface area contributed by atoms with E-state index in [0.29, 0.717) is 43.0 Å². The molecule has 0 unspecified atom stereocenters. The highest BCUT2D eigenvalue weighted by Crippen LogP contribution is 2.37. The van der Waals surface area contributed by atoms with Crippen molar-refractivity contribution >= 4 is 22.5 Å². The van der Waals surface area contributed by atoms with E-state index in [-0.39, 0.29) is 11.7 Å². The van der Waals surface area contributed by atoms with E-state index in [1.165, 1.54) is 12.1 Å². The van der Waals surface area contributed by atoms with Gasteiger partial charge in [0.05, 0.1) is 18.2 Å². The molecule has 3 aromatic rings. The molecule has 1 amide bonds. The van der Waals surface area contributed by atoms with Gasteiger partial charge < -0.3 is 14.8 Å². The number of ether oxygens (including phenoxy) is 2. The zero-order valence-electron chi connectivity index (χ0n) is 15.6. The van der Waals surface area contributed by atoms with Crippen molar-refractivity contribution in [3.63, 3.8) is 0 Å². The van der Waals surface area contributed by atoms with Crippen LogP contribution in [0.25, 0.3) is 10.9 Å². The second-order valence-electron chi connectivity index (χ2n) is 6.87. The van der Waals surface area contributed by atoms with Crippen molar-refractivity contribution in [2.45, 2.75) is 18.3 Å². The molecule has 1 saturated heterocycles. The Balaban J connectivity index is 1.73. The summed E-state index contributed by atoms with van der Waals surface area (Å²) in [7, 11) is 1.59. The minimum atomic E-state index is -0.763. The van der Waals surface area contributed by atoms with Crippen LogP contribution < -0.4 is 10.1 Å². The molecule has 1 N–H and O–H groups in total. The fourth-order valence-electron chi connectivity index (χ4n) is 3.80. The summed E-state index contributed by atoms with van der Waals surface area (Å²) in [5.74, 6) is 0.198. The van der Waals surface area contributed by atoms with E-state index in [9.17, 15) is 9.18 Å². The Kier molecular flexibility index (Phi) is 4.96. The van der Waals surface area contributed by atoms with Crippen LogP contribution in [0.4, 0.5) is 10.1 Å². The highest BCUT2D eigenvalue weighted by molar-refractivity contribution is 6.06. The van der Waals surface area contributed by atoms with E-state index in [4.69, 9.17) is 9.47 Å². The summed E-state index contributed by atoms with van der Waals surface area (Å²) < 4.78 is 24.3. The van der Waals surface area contributed by atoms with E-state index in [0.717, 1.165) is 10.9 Å². The molecular formula is C22H21FN2O3. The molecule has 0 spiro atoms. The first-order chi connectivity index (χ1) is 13.6. The number of fused-ring (bicyclic) bond motifs is 1. The Hall–Kier alpha value is -2.99. The summed E-state index contributed by atoms with van der Waals surface area (Å²) in [5, 5.41) is 3.88. The standard InChI is InChI=1S/C22H21FN2O3/c1-27-19-9-8-18(17-3-2-12-24-20(17)19)25-21(26)22(10-13-28-14-11-22)15-4-6-16(23)7-5-15/h2-9,12H,10-11,13-14H2,1H3,(H,25,26). The van der Waals surface area contributed by atoms with E-state index < -0.39 is 5.41 Å². The molecular weight excluding hydrogens is 359 g/mol. The lowest BCUT2D eigenvalue weighted by Crippen LogP contribution is -2.44. The maximum absolute atomic E-state index is 13.5. The molecule has 1 aliphatic rings. The molecule has 5 nitrogen and oxygen atoms in total. The van der Waals surface area contributed by atoms with Crippen molar-refractivity contribution < 1.29 is 18.7 Å². The largest absolute Gasteiger partial charge is 0.494 e. The number of carbonyl (C=O) groups excluding carboxylic acids is 1. The molecule has 1 aliphatic heterocycles. The Labute approximate surface area is 162 Å². The normalized spacial score (nSPS) is 15.9. The number of anilines is 1. The van der Waals surface area contributed by atoms with E-state index in [1.807, 2.05) is 18.2 Å². The maximum atomic E-state index is 13.5. The Morgan fingerprint density at radius 2 is 1.89 bits per heavy atom. The Morgan fingerprint density at radius 3 is 2.61 bits per heavy atom. The average Bonchev–Trinajstić information content (AvgIpc) is 2.75. The van der Waals surface area contributed by atoms with Crippen LogP contribution >= 0.6 is 0 Å². The number of nitrogens with zero attached hydrogens (tertiary/aromatic N) is 1. The van der Waals surface area contributed by atoms with E-state index in [2.05, 4.69) is 10.3 Å². The van der Waals surface area contributed by atoms with Crippen LogP contribution in [-0.4, -0.2) is 31.2 Å². The van der Waals surface area contributed by atoms with Gasteiger partial charge in [0.15, 0.2) is 0 Å². The number of benzene rings is 2.